The summed E-state index contributed by atoms with van der Waals surface area (Å²) in [5, 5.41) is 0. The molecule has 0 bridgehead atoms. The summed E-state index contributed by atoms with van der Waals surface area (Å²) in [4.78, 5) is 13.1. The van der Waals surface area contributed by atoms with Gasteiger partial charge in [0.05, 0.1) is 6.61 Å². The van der Waals surface area contributed by atoms with E-state index in [1.807, 2.05) is 13.8 Å². The Morgan fingerprint density at radius 1 is 1.50 bits per heavy atom. The van der Waals surface area contributed by atoms with Gasteiger partial charge in [0.2, 0.25) is 6.08 Å². The summed E-state index contributed by atoms with van der Waals surface area (Å²) in [6.07, 6.45) is 1.09. The zero-order chi connectivity index (χ0) is 7.98. The second-order valence-corrected chi connectivity index (χ2v) is 2.55. The zero-order valence-electron chi connectivity index (χ0n) is 6.63. The van der Waals surface area contributed by atoms with E-state index in [-0.39, 0.29) is 6.23 Å². The molecule has 0 N–H and O–H groups in total. The maximum atomic E-state index is 9.69. The number of nitrogens with zero attached hydrogens (tertiary/aromatic N) is 1. The molecule has 0 fully saturated rings. The van der Waals surface area contributed by atoms with Gasteiger partial charge in [0, 0.05) is 0 Å². The van der Waals surface area contributed by atoms with Crippen LogP contribution in [0, 0.1) is 5.92 Å². The van der Waals surface area contributed by atoms with Crippen LogP contribution in [0.5, 0.6) is 0 Å². The Morgan fingerprint density at radius 3 is 2.50 bits per heavy atom. The van der Waals surface area contributed by atoms with Crippen LogP contribution in [-0.2, 0) is 9.53 Å². The summed E-state index contributed by atoms with van der Waals surface area (Å²) in [5.41, 5.74) is 0. The predicted molar refractivity (Wildman–Crippen MR) is 38.4 cm³/mol. The van der Waals surface area contributed by atoms with Gasteiger partial charge in [-0.1, -0.05) is 13.8 Å². The van der Waals surface area contributed by atoms with Gasteiger partial charge >= 0.3 is 0 Å². The highest BCUT2D eigenvalue weighted by Crippen LogP contribution is 1.97. The molecule has 1 unspecified atom stereocenters. The highest BCUT2D eigenvalue weighted by molar-refractivity contribution is 5.32. The van der Waals surface area contributed by atoms with Crippen molar-refractivity contribution < 1.29 is 9.53 Å². The second-order valence-electron chi connectivity index (χ2n) is 2.55. The van der Waals surface area contributed by atoms with Gasteiger partial charge in [0.1, 0.15) is 0 Å². The summed E-state index contributed by atoms with van der Waals surface area (Å²) in [7, 11) is 0. The Balaban J connectivity index is 3.39. The predicted octanol–water partition coefficient (Wildman–Crippen LogP) is 1.34. The van der Waals surface area contributed by atoms with Crippen LogP contribution in [0.2, 0.25) is 0 Å². The minimum atomic E-state index is -0.347. The molecule has 0 saturated heterocycles. The van der Waals surface area contributed by atoms with Crippen LogP contribution < -0.4 is 0 Å². The number of hydrogen-bond donors (Lipinski definition) is 0. The average Bonchev–Trinajstić information content (AvgIpc) is 1.85. The molecule has 0 aliphatic heterocycles. The molecular weight excluding hydrogens is 130 g/mol. The summed E-state index contributed by atoms with van der Waals surface area (Å²) in [5.74, 6) is 0.476. The van der Waals surface area contributed by atoms with Crippen molar-refractivity contribution in [3.8, 4) is 0 Å². The topological polar surface area (TPSA) is 38.7 Å². The zero-order valence-corrected chi connectivity index (χ0v) is 6.63. The minimum absolute atomic E-state index is 0.347. The highest BCUT2D eigenvalue weighted by atomic mass is 16.5. The van der Waals surface area contributed by atoms with Gasteiger partial charge in [-0.2, -0.15) is 4.99 Å². The number of carbonyl (C=O) groups excluding carboxylic acids is 1. The van der Waals surface area contributed by atoms with Crippen molar-refractivity contribution >= 4 is 6.08 Å². The summed E-state index contributed by atoms with van der Waals surface area (Å²) in [6.45, 7) is 6.42. The van der Waals surface area contributed by atoms with Gasteiger partial charge in [-0.05, 0) is 12.8 Å². The van der Waals surface area contributed by atoms with Crippen LogP contribution in [0.25, 0.3) is 0 Å². The molecule has 0 amide bonds. The van der Waals surface area contributed by atoms with Crippen molar-refractivity contribution in [3.63, 3.8) is 0 Å². The third kappa shape index (κ3) is 5.48. The molecule has 0 spiro atoms. The molecule has 0 aromatic carbocycles. The van der Waals surface area contributed by atoms with Crippen molar-refractivity contribution in [2.24, 2.45) is 10.9 Å². The van der Waals surface area contributed by atoms with Gasteiger partial charge in [-0.25, -0.2) is 4.79 Å². The van der Waals surface area contributed by atoms with Gasteiger partial charge in [0.15, 0.2) is 6.23 Å². The van der Waals surface area contributed by atoms with Crippen LogP contribution in [0.1, 0.15) is 20.8 Å². The molecular formula is C7H13NO2. The number of hydrogen-bond acceptors (Lipinski definition) is 3. The Morgan fingerprint density at radius 2 is 2.10 bits per heavy atom. The van der Waals surface area contributed by atoms with E-state index in [2.05, 4.69) is 4.99 Å². The van der Waals surface area contributed by atoms with E-state index in [1.54, 1.807) is 6.92 Å². The van der Waals surface area contributed by atoms with Crippen LogP contribution in [0.3, 0.4) is 0 Å². The van der Waals surface area contributed by atoms with Crippen LogP contribution in [0.4, 0.5) is 0 Å². The molecule has 1 atom stereocenters. The molecule has 0 radical (unpaired) electrons. The maximum Gasteiger partial charge on any atom is 0.237 e. The molecule has 0 aromatic rings. The lowest BCUT2D eigenvalue weighted by atomic mass is 10.2. The van der Waals surface area contributed by atoms with Gasteiger partial charge < -0.3 is 4.74 Å². The van der Waals surface area contributed by atoms with E-state index in [0.717, 1.165) is 0 Å². The molecule has 0 heterocycles. The first-order valence-corrected chi connectivity index (χ1v) is 3.35. The SMILES string of the molecule is CC(C)COC(C)N=C=O. The molecule has 0 aromatic heterocycles. The van der Waals surface area contributed by atoms with Crippen molar-refractivity contribution in [3.05, 3.63) is 0 Å². The molecule has 10 heavy (non-hydrogen) atoms. The second kappa shape index (κ2) is 5.15. The van der Waals surface area contributed by atoms with Crippen LogP contribution in [0.15, 0.2) is 4.99 Å². The fourth-order valence-electron chi connectivity index (χ4n) is 0.443. The minimum Gasteiger partial charge on any atom is -0.356 e. The molecule has 58 valence electrons. The summed E-state index contributed by atoms with van der Waals surface area (Å²) >= 11 is 0. The van der Waals surface area contributed by atoms with E-state index < -0.39 is 0 Å². The van der Waals surface area contributed by atoms with E-state index in [4.69, 9.17) is 4.74 Å². The first-order valence-electron chi connectivity index (χ1n) is 3.35. The van der Waals surface area contributed by atoms with Crippen molar-refractivity contribution in [2.75, 3.05) is 6.61 Å². The Labute approximate surface area is 61.1 Å². The van der Waals surface area contributed by atoms with Crippen molar-refractivity contribution in [1.82, 2.24) is 0 Å². The highest BCUT2D eigenvalue weighted by Gasteiger charge is 1.99. The molecule has 0 saturated carbocycles. The van der Waals surface area contributed by atoms with Crippen LogP contribution >= 0.6 is 0 Å². The average molecular weight is 143 g/mol. The summed E-state index contributed by atoms with van der Waals surface area (Å²) < 4.78 is 5.11. The monoisotopic (exact) mass is 143 g/mol. The standard InChI is InChI=1S/C7H13NO2/c1-6(2)4-10-7(3)8-5-9/h6-7H,4H2,1-3H3. The Hall–Kier alpha value is -0.660. The molecule has 0 aliphatic rings. The van der Waals surface area contributed by atoms with Crippen molar-refractivity contribution in [2.45, 2.75) is 27.0 Å². The molecule has 0 aliphatic carbocycles. The largest absolute Gasteiger partial charge is 0.356 e. The fraction of sp³-hybridized carbons (Fsp3) is 0.857. The van der Waals surface area contributed by atoms with Gasteiger partial charge in [0.25, 0.3) is 0 Å². The summed E-state index contributed by atoms with van der Waals surface area (Å²) in [6, 6.07) is 0. The third-order valence-electron chi connectivity index (χ3n) is 0.905. The van der Waals surface area contributed by atoms with Gasteiger partial charge in [-0.15, -0.1) is 0 Å². The third-order valence-corrected chi connectivity index (χ3v) is 0.905. The first-order chi connectivity index (χ1) is 4.66. The molecule has 3 heteroatoms. The van der Waals surface area contributed by atoms with Crippen molar-refractivity contribution in [1.29, 1.82) is 0 Å². The van der Waals surface area contributed by atoms with Crippen LogP contribution in [-0.4, -0.2) is 18.9 Å². The van der Waals surface area contributed by atoms with Gasteiger partial charge in [-0.3, -0.25) is 0 Å². The Bertz CT molecular complexity index is 128. The van der Waals surface area contributed by atoms with E-state index >= 15 is 0 Å². The normalized spacial score (nSPS) is 12.8. The number of rotatable bonds is 4. The van der Waals surface area contributed by atoms with E-state index in [9.17, 15) is 4.79 Å². The lowest BCUT2D eigenvalue weighted by molar-refractivity contribution is 0.0534. The smallest absolute Gasteiger partial charge is 0.237 e. The first kappa shape index (κ1) is 9.34. The number of isocyanates is 1. The number of aliphatic imine (C=N–C) groups is 1. The molecule has 3 nitrogen and oxygen atoms in total. The van der Waals surface area contributed by atoms with E-state index in [0.29, 0.717) is 12.5 Å². The van der Waals surface area contributed by atoms with E-state index in [1.165, 1.54) is 6.08 Å². The lowest BCUT2D eigenvalue weighted by Gasteiger charge is -2.07. The maximum absolute atomic E-state index is 9.69. The lowest BCUT2D eigenvalue weighted by Crippen LogP contribution is -2.09. The fourth-order valence-corrected chi connectivity index (χ4v) is 0.443. The Kier molecular flexibility index (Phi) is 4.81. The number of ether oxygens (including phenoxy) is 1. The quantitative estimate of drug-likeness (QED) is 0.440. The molecule has 0 rings (SSSR count).